The number of rotatable bonds is 3. The fourth-order valence-electron chi connectivity index (χ4n) is 1.78. The number of hydrogen-bond donors (Lipinski definition) is 1. The molecule has 1 aliphatic heterocycles. The lowest BCUT2D eigenvalue weighted by molar-refractivity contribution is 0.360. The standard InChI is InChI=1S/C11H15BrN2O2S/c12-9-10-1-3-11(4-2-10)17(15,16)14-7-5-13-6-8-14/h1-4,13H,5-9H2. The molecular formula is C11H15BrN2O2S. The molecule has 1 aromatic carbocycles. The number of nitrogens with one attached hydrogen (secondary N) is 1. The molecule has 4 nitrogen and oxygen atoms in total. The molecule has 17 heavy (non-hydrogen) atoms. The predicted molar refractivity (Wildman–Crippen MR) is 70.7 cm³/mol. The molecule has 2 rings (SSSR count). The van der Waals surface area contributed by atoms with Crippen LogP contribution in [0.2, 0.25) is 0 Å². The highest BCUT2D eigenvalue weighted by atomic mass is 79.9. The zero-order valence-corrected chi connectivity index (χ0v) is 11.8. The molecule has 1 saturated heterocycles. The van der Waals surface area contributed by atoms with Gasteiger partial charge in [0.05, 0.1) is 4.90 Å². The van der Waals surface area contributed by atoms with Gasteiger partial charge in [0.1, 0.15) is 0 Å². The van der Waals surface area contributed by atoms with Gasteiger partial charge in [-0.05, 0) is 17.7 Å². The third-order valence-electron chi connectivity index (χ3n) is 2.79. The predicted octanol–water partition coefficient (Wildman–Crippen LogP) is 1.18. The van der Waals surface area contributed by atoms with Crippen LogP contribution in [0.1, 0.15) is 5.56 Å². The van der Waals surface area contributed by atoms with E-state index in [0.29, 0.717) is 18.0 Å². The van der Waals surface area contributed by atoms with Crippen LogP contribution in [0, 0.1) is 0 Å². The quantitative estimate of drug-likeness (QED) is 0.851. The van der Waals surface area contributed by atoms with Crippen LogP contribution >= 0.6 is 15.9 Å². The van der Waals surface area contributed by atoms with Crippen molar-refractivity contribution in [3.63, 3.8) is 0 Å². The number of sulfonamides is 1. The topological polar surface area (TPSA) is 49.4 Å². The highest BCUT2D eigenvalue weighted by molar-refractivity contribution is 9.08. The molecule has 1 fully saturated rings. The number of hydrogen-bond acceptors (Lipinski definition) is 3. The summed E-state index contributed by atoms with van der Waals surface area (Å²) in [6.07, 6.45) is 0. The maximum Gasteiger partial charge on any atom is 0.243 e. The molecule has 1 N–H and O–H groups in total. The van der Waals surface area contributed by atoms with Crippen molar-refractivity contribution in [1.82, 2.24) is 9.62 Å². The molecule has 6 heteroatoms. The minimum atomic E-state index is -3.31. The van der Waals surface area contributed by atoms with Gasteiger partial charge in [0.25, 0.3) is 0 Å². The summed E-state index contributed by atoms with van der Waals surface area (Å²) in [5.74, 6) is 0. The molecule has 0 spiro atoms. The Bertz CT molecular complexity index is 467. The van der Waals surface area contributed by atoms with Gasteiger partial charge in [0.2, 0.25) is 10.0 Å². The summed E-state index contributed by atoms with van der Waals surface area (Å²) in [7, 11) is -3.31. The molecule has 0 aromatic heterocycles. The van der Waals surface area contributed by atoms with E-state index in [1.807, 2.05) is 12.1 Å². The lowest BCUT2D eigenvalue weighted by atomic mass is 10.2. The summed E-state index contributed by atoms with van der Waals surface area (Å²) in [5.41, 5.74) is 1.07. The fourth-order valence-corrected chi connectivity index (χ4v) is 3.60. The summed E-state index contributed by atoms with van der Waals surface area (Å²) in [6.45, 7) is 2.53. The van der Waals surface area contributed by atoms with Crippen molar-refractivity contribution in [1.29, 1.82) is 0 Å². The molecule has 0 atom stereocenters. The van der Waals surface area contributed by atoms with Crippen molar-refractivity contribution in [2.45, 2.75) is 10.2 Å². The third-order valence-corrected chi connectivity index (χ3v) is 5.35. The zero-order valence-electron chi connectivity index (χ0n) is 9.39. The van der Waals surface area contributed by atoms with E-state index in [4.69, 9.17) is 0 Å². The molecule has 0 saturated carbocycles. The molecular weight excluding hydrogens is 304 g/mol. The summed E-state index contributed by atoms with van der Waals surface area (Å²) < 4.78 is 26.1. The Morgan fingerprint density at radius 1 is 1.18 bits per heavy atom. The Hall–Kier alpha value is -0.430. The van der Waals surface area contributed by atoms with E-state index in [-0.39, 0.29) is 0 Å². The van der Waals surface area contributed by atoms with Crippen LogP contribution < -0.4 is 5.32 Å². The van der Waals surface area contributed by atoms with Gasteiger partial charge in [-0.1, -0.05) is 28.1 Å². The summed E-state index contributed by atoms with van der Waals surface area (Å²) in [6, 6.07) is 7.02. The Balaban J connectivity index is 2.23. The number of benzene rings is 1. The van der Waals surface area contributed by atoms with Crippen LogP contribution in [-0.4, -0.2) is 38.9 Å². The first-order valence-corrected chi connectivity index (χ1v) is 8.06. The smallest absolute Gasteiger partial charge is 0.243 e. The summed E-state index contributed by atoms with van der Waals surface area (Å²) >= 11 is 3.34. The average molecular weight is 319 g/mol. The second-order valence-electron chi connectivity index (χ2n) is 3.93. The number of nitrogens with zero attached hydrogens (tertiary/aromatic N) is 1. The first-order valence-electron chi connectivity index (χ1n) is 5.50. The number of halogens is 1. The lowest BCUT2D eigenvalue weighted by Gasteiger charge is -2.26. The minimum absolute atomic E-state index is 0.379. The monoisotopic (exact) mass is 318 g/mol. The molecule has 0 bridgehead atoms. The maximum absolute atomic E-state index is 12.3. The molecule has 0 aliphatic carbocycles. The molecule has 94 valence electrons. The van der Waals surface area contributed by atoms with Gasteiger partial charge < -0.3 is 5.32 Å². The van der Waals surface area contributed by atoms with E-state index in [0.717, 1.165) is 24.0 Å². The van der Waals surface area contributed by atoms with Crippen LogP contribution in [0.3, 0.4) is 0 Å². The van der Waals surface area contributed by atoms with Crippen molar-refractivity contribution in [2.24, 2.45) is 0 Å². The molecule has 0 amide bonds. The van der Waals surface area contributed by atoms with Gasteiger partial charge in [0.15, 0.2) is 0 Å². The van der Waals surface area contributed by atoms with Gasteiger partial charge in [0, 0.05) is 31.5 Å². The van der Waals surface area contributed by atoms with E-state index in [2.05, 4.69) is 21.2 Å². The third kappa shape index (κ3) is 2.88. The van der Waals surface area contributed by atoms with Crippen molar-refractivity contribution in [2.75, 3.05) is 26.2 Å². The first-order chi connectivity index (χ1) is 8.14. The largest absolute Gasteiger partial charge is 0.314 e. The highest BCUT2D eigenvalue weighted by Gasteiger charge is 2.25. The Kier molecular flexibility index (Phi) is 4.19. The second-order valence-corrected chi connectivity index (χ2v) is 6.43. The highest BCUT2D eigenvalue weighted by Crippen LogP contribution is 2.17. The van der Waals surface area contributed by atoms with Gasteiger partial charge in [-0.15, -0.1) is 0 Å². The van der Waals surface area contributed by atoms with Crippen LogP contribution in [-0.2, 0) is 15.4 Å². The summed E-state index contributed by atoms with van der Waals surface area (Å²) in [4.78, 5) is 0.379. The van der Waals surface area contributed by atoms with E-state index >= 15 is 0 Å². The molecule has 1 aromatic rings. The van der Waals surface area contributed by atoms with Gasteiger partial charge >= 0.3 is 0 Å². The molecule has 0 radical (unpaired) electrons. The first kappa shape index (κ1) is 13.0. The Labute approximate surface area is 110 Å². The van der Waals surface area contributed by atoms with E-state index in [9.17, 15) is 8.42 Å². The summed E-state index contributed by atoms with van der Waals surface area (Å²) in [5, 5.41) is 3.88. The van der Waals surface area contributed by atoms with Crippen molar-refractivity contribution < 1.29 is 8.42 Å². The van der Waals surface area contributed by atoms with Gasteiger partial charge in [-0.2, -0.15) is 4.31 Å². The van der Waals surface area contributed by atoms with E-state index in [1.165, 1.54) is 4.31 Å². The van der Waals surface area contributed by atoms with Crippen LogP contribution in [0.5, 0.6) is 0 Å². The van der Waals surface area contributed by atoms with Crippen LogP contribution in [0.4, 0.5) is 0 Å². The van der Waals surface area contributed by atoms with Crippen molar-refractivity contribution >= 4 is 26.0 Å². The SMILES string of the molecule is O=S(=O)(c1ccc(CBr)cc1)N1CCNCC1. The van der Waals surface area contributed by atoms with Gasteiger partial charge in [-0.3, -0.25) is 0 Å². The van der Waals surface area contributed by atoms with Crippen molar-refractivity contribution in [3.05, 3.63) is 29.8 Å². The maximum atomic E-state index is 12.3. The molecule has 1 aliphatic rings. The average Bonchev–Trinajstić information content (AvgIpc) is 2.40. The Morgan fingerprint density at radius 2 is 1.76 bits per heavy atom. The number of alkyl halides is 1. The van der Waals surface area contributed by atoms with Crippen molar-refractivity contribution in [3.8, 4) is 0 Å². The number of piperazine rings is 1. The molecule has 1 heterocycles. The van der Waals surface area contributed by atoms with Crippen LogP contribution in [0.25, 0.3) is 0 Å². The van der Waals surface area contributed by atoms with Gasteiger partial charge in [-0.25, -0.2) is 8.42 Å². The molecule has 0 unspecified atom stereocenters. The zero-order chi connectivity index (χ0) is 12.3. The van der Waals surface area contributed by atoms with Crippen LogP contribution in [0.15, 0.2) is 29.2 Å². The Morgan fingerprint density at radius 3 is 2.29 bits per heavy atom. The lowest BCUT2D eigenvalue weighted by Crippen LogP contribution is -2.46. The van der Waals surface area contributed by atoms with E-state index in [1.54, 1.807) is 12.1 Å². The minimum Gasteiger partial charge on any atom is -0.314 e. The fraction of sp³-hybridized carbons (Fsp3) is 0.455. The van der Waals surface area contributed by atoms with E-state index < -0.39 is 10.0 Å². The normalized spacial score (nSPS) is 18.2. The second kappa shape index (κ2) is 5.48.